The number of hydrogen-bond acceptors (Lipinski definition) is 7. The molecule has 31 heavy (non-hydrogen) atoms. The summed E-state index contributed by atoms with van der Waals surface area (Å²) in [5.74, 6) is -0.628. The highest BCUT2D eigenvalue weighted by Gasteiger charge is 2.32. The number of aromatic nitrogens is 2. The molecule has 2 aromatic heterocycles. The smallest absolute Gasteiger partial charge is 0.303 e. The average Bonchev–Trinajstić information content (AvgIpc) is 3.03. The molecule has 0 spiro atoms. The highest BCUT2D eigenvalue weighted by molar-refractivity contribution is 8.26. The number of carboxylic acids is 1. The molecule has 4 heterocycles. The zero-order valence-corrected chi connectivity index (χ0v) is 18.5. The molecule has 8 nitrogen and oxygen atoms in total. The molecule has 162 valence electrons. The third-order valence-electron chi connectivity index (χ3n) is 5.33. The van der Waals surface area contributed by atoms with Gasteiger partial charge in [-0.1, -0.05) is 30.0 Å². The van der Waals surface area contributed by atoms with Gasteiger partial charge in [-0.05, 0) is 43.9 Å². The summed E-state index contributed by atoms with van der Waals surface area (Å²) in [7, 11) is 0. The first-order chi connectivity index (χ1) is 15.0. The Morgan fingerprint density at radius 1 is 1.23 bits per heavy atom. The van der Waals surface area contributed by atoms with Crippen LogP contribution in [0.1, 0.15) is 37.7 Å². The maximum atomic E-state index is 13.3. The third-order valence-corrected chi connectivity index (χ3v) is 6.70. The van der Waals surface area contributed by atoms with Crippen molar-refractivity contribution in [2.45, 2.75) is 32.1 Å². The number of anilines is 1. The summed E-state index contributed by atoms with van der Waals surface area (Å²) in [6, 6.07) is 5.40. The van der Waals surface area contributed by atoms with Crippen LogP contribution in [-0.2, 0) is 9.59 Å². The minimum Gasteiger partial charge on any atom is -0.481 e. The number of aliphatic carboxylic acids is 1. The topological polar surface area (TPSA) is 95.2 Å². The molecular formula is C21H22N4O4S2. The molecule has 2 fully saturated rings. The molecule has 2 saturated heterocycles. The molecule has 2 aliphatic rings. The Kier molecular flexibility index (Phi) is 6.38. The lowest BCUT2D eigenvalue weighted by Gasteiger charge is -2.29. The number of carbonyl (C=O) groups is 2. The standard InChI is InChI=1S/C21H22N4O4S2/c26-17(27)8-6-12-25-20(29)15(31-21(25)30)13-14-18(23-9-3-1-4-10-23)22-16-7-2-5-11-24(16)19(14)28/h2,5,7,11,13H,1,3-4,6,8-10,12H2,(H,26,27)/b15-13-. The summed E-state index contributed by atoms with van der Waals surface area (Å²) >= 11 is 6.46. The van der Waals surface area contributed by atoms with E-state index in [2.05, 4.69) is 4.90 Å². The molecule has 0 saturated carbocycles. The van der Waals surface area contributed by atoms with Crippen LogP contribution in [0.5, 0.6) is 0 Å². The molecule has 2 aliphatic heterocycles. The Labute approximate surface area is 188 Å². The number of carboxylic acid groups (broad SMARTS) is 1. The van der Waals surface area contributed by atoms with Crippen molar-refractivity contribution in [1.29, 1.82) is 0 Å². The summed E-state index contributed by atoms with van der Waals surface area (Å²) in [6.07, 6.45) is 6.74. The van der Waals surface area contributed by atoms with Crippen molar-refractivity contribution in [1.82, 2.24) is 14.3 Å². The van der Waals surface area contributed by atoms with Crippen LogP contribution < -0.4 is 10.5 Å². The van der Waals surface area contributed by atoms with Gasteiger partial charge in [0.05, 0.1) is 10.5 Å². The molecule has 1 N–H and O–H groups in total. The number of amides is 1. The number of pyridine rings is 1. The lowest BCUT2D eigenvalue weighted by Crippen LogP contribution is -2.33. The van der Waals surface area contributed by atoms with Crippen molar-refractivity contribution in [3.8, 4) is 0 Å². The summed E-state index contributed by atoms with van der Waals surface area (Å²) in [5.41, 5.74) is 0.699. The van der Waals surface area contributed by atoms with Gasteiger partial charge in [0.2, 0.25) is 0 Å². The van der Waals surface area contributed by atoms with Crippen LogP contribution in [-0.4, -0.2) is 55.2 Å². The molecule has 0 aliphatic carbocycles. The van der Waals surface area contributed by atoms with E-state index in [0.29, 0.717) is 32.7 Å². The van der Waals surface area contributed by atoms with Crippen LogP contribution in [0.2, 0.25) is 0 Å². The van der Waals surface area contributed by atoms with Crippen molar-refractivity contribution in [2.24, 2.45) is 0 Å². The zero-order chi connectivity index (χ0) is 22.0. The molecule has 4 rings (SSSR count). The van der Waals surface area contributed by atoms with E-state index in [4.69, 9.17) is 22.3 Å². The van der Waals surface area contributed by atoms with E-state index >= 15 is 0 Å². The summed E-state index contributed by atoms with van der Waals surface area (Å²) in [5, 5.41) is 8.84. The molecule has 0 radical (unpaired) electrons. The van der Waals surface area contributed by atoms with Crippen LogP contribution in [0.25, 0.3) is 11.7 Å². The first-order valence-corrected chi connectivity index (χ1v) is 11.4. The van der Waals surface area contributed by atoms with Gasteiger partial charge in [0.1, 0.15) is 15.8 Å². The molecule has 0 bridgehead atoms. The molecule has 1 amide bonds. The molecule has 0 atom stereocenters. The first kappa shape index (κ1) is 21.5. The van der Waals surface area contributed by atoms with Crippen LogP contribution in [0.15, 0.2) is 34.1 Å². The minimum absolute atomic E-state index is 0.0365. The van der Waals surface area contributed by atoms with Gasteiger partial charge < -0.3 is 10.0 Å². The third kappa shape index (κ3) is 4.49. The van der Waals surface area contributed by atoms with E-state index in [9.17, 15) is 14.4 Å². The van der Waals surface area contributed by atoms with E-state index in [-0.39, 0.29) is 24.4 Å². The lowest BCUT2D eigenvalue weighted by molar-refractivity contribution is -0.137. The van der Waals surface area contributed by atoms with Gasteiger partial charge >= 0.3 is 5.97 Å². The van der Waals surface area contributed by atoms with E-state index in [1.54, 1.807) is 24.4 Å². The molecule has 10 heteroatoms. The second-order valence-electron chi connectivity index (χ2n) is 7.46. The Morgan fingerprint density at radius 3 is 2.74 bits per heavy atom. The maximum Gasteiger partial charge on any atom is 0.303 e. The largest absolute Gasteiger partial charge is 0.481 e. The number of carbonyl (C=O) groups excluding carboxylic acids is 1. The quantitative estimate of drug-likeness (QED) is 0.522. The van der Waals surface area contributed by atoms with E-state index < -0.39 is 5.97 Å². The van der Waals surface area contributed by atoms with Crippen LogP contribution >= 0.6 is 24.0 Å². The fraction of sp³-hybridized carbons (Fsp3) is 0.381. The number of hydrogen-bond donors (Lipinski definition) is 1. The number of nitrogens with zero attached hydrogens (tertiary/aromatic N) is 4. The Bertz CT molecular complexity index is 1140. The summed E-state index contributed by atoms with van der Waals surface area (Å²) in [6.45, 7) is 1.86. The highest BCUT2D eigenvalue weighted by Crippen LogP contribution is 2.34. The average molecular weight is 459 g/mol. The van der Waals surface area contributed by atoms with Crippen molar-refractivity contribution in [2.75, 3.05) is 24.5 Å². The van der Waals surface area contributed by atoms with E-state index in [1.165, 1.54) is 9.30 Å². The molecule has 0 unspecified atom stereocenters. The molecule has 0 aromatic carbocycles. The van der Waals surface area contributed by atoms with Gasteiger partial charge in [-0.3, -0.25) is 23.7 Å². The second-order valence-corrected chi connectivity index (χ2v) is 9.14. The molecular weight excluding hydrogens is 436 g/mol. The first-order valence-electron chi connectivity index (χ1n) is 10.2. The van der Waals surface area contributed by atoms with E-state index in [1.807, 2.05) is 6.07 Å². The monoisotopic (exact) mass is 458 g/mol. The van der Waals surface area contributed by atoms with E-state index in [0.717, 1.165) is 44.1 Å². The summed E-state index contributed by atoms with van der Waals surface area (Å²) in [4.78, 5) is 45.6. The Morgan fingerprint density at radius 2 is 2.00 bits per heavy atom. The number of fused-ring (bicyclic) bond motifs is 1. The van der Waals surface area contributed by atoms with Crippen molar-refractivity contribution < 1.29 is 14.7 Å². The van der Waals surface area contributed by atoms with Crippen molar-refractivity contribution in [3.05, 3.63) is 45.2 Å². The fourth-order valence-corrected chi connectivity index (χ4v) is 5.07. The van der Waals surface area contributed by atoms with Crippen molar-refractivity contribution >= 4 is 57.7 Å². The van der Waals surface area contributed by atoms with Gasteiger partial charge in [0.15, 0.2) is 0 Å². The number of piperidine rings is 1. The van der Waals surface area contributed by atoms with Gasteiger partial charge in [0, 0.05) is 32.3 Å². The maximum absolute atomic E-state index is 13.3. The zero-order valence-electron chi connectivity index (χ0n) is 16.8. The number of thiocarbonyl (C=S) groups is 1. The Hall–Kier alpha value is -2.72. The predicted molar refractivity (Wildman–Crippen MR) is 124 cm³/mol. The normalized spacial score (nSPS) is 18.4. The van der Waals surface area contributed by atoms with Crippen molar-refractivity contribution in [3.63, 3.8) is 0 Å². The lowest BCUT2D eigenvalue weighted by atomic mass is 10.1. The number of thioether (sulfide) groups is 1. The minimum atomic E-state index is -0.914. The van der Waals surface area contributed by atoms with Crippen LogP contribution in [0, 0.1) is 0 Å². The van der Waals surface area contributed by atoms with Crippen LogP contribution in [0.3, 0.4) is 0 Å². The van der Waals surface area contributed by atoms with Gasteiger partial charge in [-0.2, -0.15) is 0 Å². The second kappa shape index (κ2) is 9.19. The van der Waals surface area contributed by atoms with Gasteiger partial charge in [-0.25, -0.2) is 4.98 Å². The van der Waals surface area contributed by atoms with Gasteiger partial charge in [-0.15, -0.1) is 0 Å². The predicted octanol–water partition coefficient (Wildman–Crippen LogP) is 2.75. The fourth-order valence-electron chi connectivity index (χ4n) is 3.78. The van der Waals surface area contributed by atoms with Gasteiger partial charge in [0.25, 0.3) is 11.5 Å². The summed E-state index contributed by atoms with van der Waals surface area (Å²) < 4.78 is 1.85. The highest BCUT2D eigenvalue weighted by atomic mass is 32.2. The number of rotatable bonds is 6. The van der Waals surface area contributed by atoms with Crippen LogP contribution in [0.4, 0.5) is 5.82 Å². The SMILES string of the molecule is O=C(O)CCCN1C(=O)/C(=C/c2c(N3CCCCC3)nc3ccccn3c2=O)SC1=S. The molecule has 2 aromatic rings. The Balaban J connectivity index is 1.73.